The zero-order valence-electron chi connectivity index (χ0n) is 11.2. The van der Waals surface area contributed by atoms with Gasteiger partial charge in [0.2, 0.25) is 0 Å². The lowest BCUT2D eigenvalue weighted by molar-refractivity contribution is 0.579. The average molecular weight is 235 g/mol. The van der Waals surface area contributed by atoms with Crippen LogP contribution in [0.15, 0.2) is 24.3 Å². The summed E-state index contributed by atoms with van der Waals surface area (Å²) in [5, 5.41) is 3.31. The van der Waals surface area contributed by atoms with Crippen LogP contribution in [-0.4, -0.2) is 19.1 Å². The highest BCUT2D eigenvalue weighted by molar-refractivity contribution is 5.27. The van der Waals surface area contributed by atoms with Gasteiger partial charge < -0.3 is 16.8 Å². The number of nitrogens with two attached hydrogens (primary N) is 2. The van der Waals surface area contributed by atoms with Gasteiger partial charge in [-0.1, -0.05) is 45.0 Å². The monoisotopic (exact) mass is 235 g/mol. The summed E-state index contributed by atoms with van der Waals surface area (Å²) in [5.74, 6) is 0. The Morgan fingerprint density at radius 2 is 1.76 bits per heavy atom. The second-order valence-corrected chi connectivity index (χ2v) is 5.57. The largest absolute Gasteiger partial charge is 0.329 e. The summed E-state index contributed by atoms with van der Waals surface area (Å²) >= 11 is 0. The minimum Gasteiger partial charge on any atom is -0.329 e. The molecule has 5 N–H and O–H groups in total. The second-order valence-electron chi connectivity index (χ2n) is 5.57. The van der Waals surface area contributed by atoms with E-state index in [9.17, 15) is 0 Å². The molecule has 0 heterocycles. The normalized spacial score (nSPS) is 13.7. The van der Waals surface area contributed by atoms with Gasteiger partial charge in [-0.2, -0.15) is 0 Å². The molecule has 0 saturated carbocycles. The number of hydrogen-bond acceptors (Lipinski definition) is 3. The first kappa shape index (κ1) is 14.2. The number of benzene rings is 1. The number of rotatable bonds is 5. The molecular formula is C14H25N3. The van der Waals surface area contributed by atoms with Gasteiger partial charge in [0.25, 0.3) is 0 Å². The molecule has 1 aromatic rings. The van der Waals surface area contributed by atoms with Crippen LogP contribution in [0.1, 0.15) is 31.9 Å². The van der Waals surface area contributed by atoms with E-state index in [4.69, 9.17) is 11.5 Å². The molecule has 0 amide bonds. The predicted molar refractivity (Wildman–Crippen MR) is 73.9 cm³/mol. The summed E-state index contributed by atoms with van der Waals surface area (Å²) in [7, 11) is 0. The van der Waals surface area contributed by atoms with Crippen LogP contribution < -0.4 is 16.8 Å². The molecule has 0 spiro atoms. The average Bonchev–Trinajstić information content (AvgIpc) is 2.28. The first-order chi connectivity index (χ1) is 7.93. The van der Waals surface area contributed by atoms with Crippen LogP contribution in [0.3, 0.4) is 0 Å². The van der Waals surface area contributed by atoms with Gasteiger partial charge >= 0.3 is 0 Å². The summed E-state index contributed by atoms with van der Waals surface area (Å²) in [6.07, 6.45) is 0. The van der Waals surface area contributed by atoms with Gasteiger partial charge in [0.1, 0.15) is 0 Å². The lowest BCUT2D eigenvalue weighted by Gasteiger charge is -2.19. The van der Waals surface area contributed by atoms with E-state index >= 15 is 0 Å². The Hall–Kier alpha value is -0.900. The van der Waals surface area contributed by atoms with Crippen LogP contribution in [0.5, 0.6) is 0 Å². The van der Waals surface area contributed by atoms with Crippen molar-refractivity contribution >= 4 is 0 Å². The van der Waals surface area contributed by atoms with Crippen LogP contribution in [0.4, 0.5) is 0 Å². The lowest BCUT2D eigenvalue weighted by Crippen LogP contribution is -2.39. The molecule has 0 bridgehead atoms. The van der Waals surface area contributed by atoms with Crippen molar-refractivity contribution < 1.29 is 0 Å². The van der Waals surface area contributed by atoms with Crippen LogP contribution in [0.25, 0.3) is 0 Å². The standard InChI is InChI=1S/C14H25N3/c1-14(2,3)12-6-4-11(5-7-12)9-17-10-13(16)8-15/h4-7,13,17H,8-10,15-16H2,1-3H3. The quantitative estimate of drug-likeness (QED) is 0.722. The maximum atomic E-state index is 5.73. The zero-order valence-corrected chi connectivity index (χ0v) is 11.2. The van der Waals surface area contributed by atoms with E-state index in [0.717, 1.165) is 13.1 Å². The highest BCUT2D eigenvalue weighted by atomic mass is 14.9. The Balaban J connectivity index is 2.46. The Kier molecular flexibility index (Phi) is 5.12. The lowest BCUT2D eigenvalue weighted by atomic mass is 9.87. The Morgan fingerprint density at radius 1 is 1.18 bits per heavy atom. The van der Waals surface area contributed by atoms with Crippen molar-refractivity contribution in [1.82, 2.24) is 5.32 Å². The summed E-state index contributed by atoms with van der Waals surface area (Å²) in [5.41, 5.74) is 14.0. The molecule has 1 rings (SSSR count). The molecule has 1 unspecified atom stereocenters. The van der Waals surface area contributed by atoms with Crippen molar-refractivity contribution in [2.45, 2.75) is 38.8 Å². The third-order valence-corrected chi connectivity index (χ3v) is 2.86. The molecule has 96 valence electrons. The van der Waals surface area contributed by atoms with Gasteiger partial charge in [-0.25, -0.2) is 0 Å². The summed E-state index contributed by atoms with van der Waals surface area (Å²) in [4.78, 5) is 0. The molecular weight excluding hydrogens is 210 g/mol. The Bertz CT molecular complexity index is 324. The van der Waals surface area contributed by atoms with Gasteiger partial charge in [-0.3, -0.25) is 0 Å². The fourth-order valence-electron chi connectivity index (χ4n) is 1.61. The smallest absolute Gasteiger partial charge is 0.0290 e. The summed E-state index contributed by atoms with van der Waals surface area (Å²) in [6.45, 7) is 8.80. The molecule has 17 heavy (non-hydrogen) atoms. The Morgan fingerprint density at radius 3 is 2.24 bits per heavy atom. The molecule has 1 aromatic carbocycles. The van der Waals surface area contributed by atoms with Gasteiger partial charge in [-0.15, -0.1) is 0 Å². The highest BCUT2D eigenvalue weighted by Gasteiger charge is 2.12. The molecule has 1 atom stereocenters. The minimum atomic E-state index is 0.0452. The van der Waals surface area contributed by atoms with Crippen LogP contribution >= 0.6 is 0 Å². The Labute approximate surface area is 105 Å². The van der Waals surface area contributed by atoms with Crippen molar-refractivity contribution in [3.63, 3.8) is 0 Å². The second kappa shape index (κ2) is 6.15. The third kappa shape index (κ3) is 4.86. The van der Waals surface area contributed by atoms with E-state index in [1.54, 1.807) is 0 Å². The predicted octanol–water partition coefficient (Wildman–Crippen LogP) is 1.36. The molecule has 0 saturated heterocycles. The van der Waals surface area contributed by atoms with Gasteiger partial charge in [0.15, 0.2) is 0 Å². The maximum Gasteiger partial charge on any atom is 0.0290 e. The fraction of sp³-hybridized carbons (Fsp3) is 0.571. The van der Waals surface area contributed by atoms with Crippen molar-refractivity contribution in [3.8, 4) is 0 Å². The summed E-state index contributed by atoms with van der Waals surface area (Å²) < 4.78 is 0. The van der Waals surface area contributed by atoms with E-state index in [1.165, 1.54) is 11.1 Å². The van der Waals surface area contributed by atoms with E-state index in [-0.39, 0.29) is 11.5 Å². The molecule has 0 aliphatic carbocycles. The topological polar surface area (TPSA) is 64.1 Å². The molecule has 3 heteroatoms. The van der Waals surface area contributed by atoms with Gasteiger partial charge in [0.05, 0.1) is 0 Å². The van der Waals surface area contributed by atoms with E-state index in [0.29, 0.717) is 6.54 Å². The van der Waals surface area contributed by atoms with E-state index < -0.39 is 0 Å². The third-order valence-electron chi connectivity index (χ3n) is 2.86. The van der Waals surface area contributed by atoms with Gasteiger partial charge in [-0.05, 0) is 16.5 Å². The molecule has 0 aromatic heterocycles. The van der Waals surface area contributed by atoms with Crippen molar-refractivity contribution in [2.24, 2.45) is 11.5 Å². The molecule has 0 radical (unpaired) electrons. The highest BCUT2D eigenvalue weighted by Crippen LogP contribution is 2.21. The van der Waals surface area contributed by atoms with E-state index in [1.807, 2.05) is 0 Å². The van der Waals surface area contributed by atoms with Crippen molar-refractivity contribution in [1.29, 1.82) is 0 Å². The van der Waals surface area contributed by atoms with E-state index in [2.05, 4.69) is 50.4 Å². The zero-order chi connectivity index (χ0) is 12.9. The van der Waals surface area contributed by atoms with Crippen LogP contribution in [-0.2, 0) is 12.0 Å². The van der Waals surface area contributed by atoms with Crippen molar-refractivity contribution in [3.05, 3.63) is 35.4 Å². The van der Waals surface area contributed by atoms with Crippen LogP contribution in [0, 0.1) is 0 Å². The molecule has 0 fully saturated rings. The first-order valence-electron chi connectivity index (χ1n) is 6.19. The van der Waals surface area contributed by atoms with Crippen LogP contribution in [0.2, 0.25) is 0 Å². The molecule has 0 aliphatic heterocycles. The maximum absolute atomic E-state index is 5.73. The fourth-order valence-corrected chi connectivity index (χ4v) is 1.61. The molecule has 3 nitrogen and oxygen atoms in total. The first-order valence-corrected chi connectivity index (χ1v) is 6.19. The number of hydrogen-bond donors (Lipinski definition) is 3. The summed E-state index contributed by atoms with van der Waals surface area (Å²) in [6, 6.07) is 8.77. The molecule has 0 aliphatic rings. The minimum absolute atomic E-state index is 0.0452. The van der Waals surface area contributed by atoms with Crippen molar-refractivity contribution in [2.75, 3.05) is 13.1 Å². The SMILES string of the molecule is CC(C)(C)c1ccc(CNCC(N)CN)cc1. The van der Waals surface area contributed by atoms with Gasteiger partial charge in [0, 0.05) is 25.7 Å². The number of nitrogens with one attached hydrogen (secondary N) is 1.